The first-order valence-electron chi connectivity index (χ1n) is 13.2. The quantitative estimate of drug-likeness (QED) is 0.270. The number of fused-ring (bicyclic) bond motifs is 1. The summed E-state index contributed by atoms with van der Waals surface area (Å²) in [5.41, 5.74) is 4.78. The molecule has 2 aromatic rings. The van der Waals surface area contributed by atoms with Crippen molar-refractivity contribution in [1.82, 2.24) is 15.0 Å². The maximum absolute atomic E-state index is 11.7. The predicted octanol–water partition coefficient (Wildman–Crippen LogP) is 8.01. The normalized spacial score (nSPS) is 19.4. The maximum Gasteiger partial charge on any atom is 0.192 e. The lowest BCUT2D eigenvalue weighted by Crippen LogP contribution is -2.44. The van der Waals surface area contributed by atoms with Crippen molar-refractivity contribution in [2.45, 2.75) is 124 Å². The molecule has 0 spiro atoms. The van der Waals surface area contributed by atoms with E-state index in [4.69, 9.17) is 9.41 Å². The maximum atomic E-state index is 11.7. The fourth-order valence-electron chi connectivity index (χ4n) is 4.61. The number of hydrogen-bond acceptors (Lipinski definition) is 5. The van der Waals surface area contributed by atoms with Gasteiger partial charge >= 0.3 is 0 Å². The van der Waals surface area contributed by atoms with Gasteiger partial charge in [0.1, 0.15) is 11.9 Å². The molecule has 0 aromatic carbocycles. The van der Waals surface area contributed by atoms with Gasteiger partial charge in [-0.05, 0) is 64.9 Å². The average Bonchev–Trinajstić information content (AvgIpc) is 2.70. The Kier molecular flexibility index (Phi) is 8.24. The van der Waals surface area contributed by atoms with E-state index >= 15 is 0 Å². The van der Waals surface area contributed by atoms with Crippen molar-refractivity contribution >= 4 is 30.9 Å². The number of halogens is 1. The Bertz CT molecular complexity index is 1100. The molecule has 0 aliphatic heterocycles. The van der Waals surface area contributed by atoms with Crippen LogP contribution in [0.1, 0.15) is 128 Å². The van der Waals surface area contributed by atoms with E-state index < -0.39 is 14.4 Å². The molecule has 0 amide bonds. The number of aliphatic hydroxyl groups excluding tert-OH is 1. The number of aliphatic hydroxyl groups is 1. The largest absolute Gasteiger partial charge is 0.410 e. The Morgan fingerprint density at radius 2 is 1.64 bits per heavy atom. The van der Waals surface area contributed by atoms with Crippen molar-refractivity contribution in [2.24, 2.45) is 5.41 Å². The molecular formula is C29H46IN3O2Si. The predicted molar refractivity (Wildman–Crippen MR) is 159 cm³/mol. The van der Waals surface area contributed by atoms with Gasteiger partial charge in [-0.15, -0.1) is 0 Å². The molecule has 0 bridgehead atoms. The second-order valence-corrected chi connectivity index (χ2v) is 20.0. The summed E-state index contributed by atoms with van der Waals surface area (Å²) in [6.07, 6.45) is 4.52. The number of aromatic nitrogens is 3. The monoisotopic (exact) mass is 623 g/mol. The zero-order valence-electron chi connectivity index (χ0n) is 24.4. The molecule has 2 aromatic heterocycles. The first-order chi connectivity index (χ1) is 16.2. The SMILES string of the molecule is CC(C)c1nc2c(c(I)c1[C@H](O)c1cnc(C(C)(C)C)nc1)C(O[Si](C)(C)C(C)(C)C)CC(C)(C)C2. The summed E-state index contributed by atoms with van der Waals surface area (Å²) in [5.74, 6) is 0.943. The molecule has 1 aliphatic rings. The molecule has 0 radical (unpaired) electrons. The molecule has 1 unspecified atom stereocenters. The fourth-order valence-corrected chi connectivity index (χ4v) is 7.10. The van der Waals surface area contributed by atoms with Crippen LogP contribution in [0.15, 0.2) is 12.4 Å². The molecule has 0 saturated carbocycles. The molecule has 1 N–H and O–H groups in total. The van der Waals surface area contributed by atoms with Gasteiger partial charge in [0.15, 0.2) is 8.32 Å². The summed E-state index contributed by atoms with van der Waals surface area (Å²) in [5, 5.41) is 11.8. The van der Waals surface area contributed by atoms with Crippen molar-refractivity contribution in [3.63, 3.8) is 0 Å². The van der Waals surface area contributed by atoms with E-state index in [2.05, 4.69) is 115 Å². The molecule has 36 heavy (non-hydrogen) atoms. The lowest BCUT2D eigenvalue weighted by atomic mass is 9.74. The van der Waals surface area contributed by atoms with Crippen molar-refractivity contribution in [3.8, 4) is 0 Å². The third-order valence-electron chi connectivity index (χ3n) is 7.74. The molecule has 3 rings (SSSR count). The summed E-state index contributed by atoms with van der Waals surface area (Å²) in [4.78, 5) is 14.4. The second kappa shape index (κ2) is 10.0. The van der Waals surface area contributed by atoms with Crippen LogP contribution >= 0.6 is 22.6 Å². The molecule has 5 nitrogen and oxygen atoms in total. The summed E-state index contributed by atoms with van der Waals surface area (Å²) in [7, 11) is -2.03. The molecular weight excluding hydrogens is 577 g/mol. The highest BCUT2D eigenvalue weighted by atomic mass is 127. The van der Waals surface area contributed by atoms with E-state index in [9.17, 15) is 5.11 Å². The van der Waals surface area contributed by atoms with Gasteiger partial charge in [0.05, 0.1) is 11.8 Å². The van der Waals surface area contributed by atoms with E-state index in [1.54, 1.807) is 12.4 Å². The van der Waals surface area contributed by atoms with E-state index in [-0.39, 0.29) is 27.9 Å². The van der Waals surface area contributed by atoms with Crippen LogP contribution < -0.4 is 0 Å². The summed E-state index contributed by atoms with van der Waals surface area (Å²) in [6.45, 7) is 26.7. The second-order valence-electron chi connectivity index (χ2n) is 14.1. The van der Waals surface area contributed by atoms with Gasteiger partial charge in [-0.2, -0.15) is 0 Å². The highest BCUT2D eigenvalue weighted by Gasteiger charge is 2.44. The van der Waals surface area contributed by atoms with Crippen LogP contribution in [-0.4, -0.2) is 28.4 Å². The van der Waals surface area contributed by atoms with Crippen LogP contribution in [0.4, 0.5) is 0 Å². The minimum Gasteiger partial charge on any atom is -0.410 e. The Labute approximate surface area is 233 Å². The number of rotatable bonds is 5. The molecule has 2 heterocycles. The van der Waals surface area contributed by atoms with Crippen LogP contribution in [0.3, 0.4) is 0 Å². The lowest BCUT2D eigenvalue weighted by molar-refractivity contribution is 0.104. The number of pyridine rings is 1. The van der Waals surface area contributed by atoms with Crippen molar-refractivity contribution in [2.75, 3.05) is 0 Å². The topological polar surface area (TPSA) is 68.1 Å². The molecule has 7 heteroatoms. The summed E-state index contributed by atoms with van der Waals surface area (Å²) >= 11 is 2.44. The number of nitrogens with zero attached hydrogens (tertiary/aromatic N) is 3. The van der Waals surface area contributed by atoms with Crippen LogP contribution in [0.2, 0.25) is 18.1 Å². The fraction of sp³-hybridized carbons (Fsp3) is 0.690. The van der Waals surface area contributed by atoms with Gasteiger partial charge < -0.3 is 9.53 Å². The molecule has 2 atom stereocenters. The van der Waals surface area contributed by atoms with Gasteiger partial charge in [0.2, 0.25) is 0 Å². The first kappa shape index (κ1) is 29.6. The van der Waals surface area contributed by atoms with E-state index in [0.29, 0.717) is 5.56 Å². The van der Waals surface area contributed by atoms with Gasteiger partial charge in [-0.3, -0.25) is 4.98 Å². The van der Waals surface area contributed by atoms with E-state index in [1.165, 1.54) is 5.56 Å². The zero-order chi connectivity index (χ0) is 27.4. The van der Waals surface area contributed by atoms with Gasteiger partial charge in [-0.1, -0.05) is 69.2 Å². The molecule has 1 aliphatic carbocycles. The Morgan fingerprint density at radius 1 is 1.08 bits per heavy atom. The van der Waals surface area contributed by atoms with Crippen LogP contribution in [0.5, 0.6) is 0 Å². The number of hydrogen-bond donors (Lipinski definition) is 1. The highest BCUT2D eigenvalue weighted by molar-refractivity contribution is 14.1. The standard InChI is InChI=1S/C29H46IN3O2Si/c1-17(2)24-22(25(34)18-15-31-26(32-16-18)27(3,4)5)23(30)21-19(33-24)13-29(9,10)14-20(21)35-36(11,12)28(6,7)8/h15-17,20,25,34H,13-14H2,1-12H3/t20?,25-/m1/s1. The van der Waals surface area contributed by atoms with Crippen molar-refractivity contribution in [3.05, 3.63) is 49.9 Å². The Hall–Kier alpha value is -0.903. The van der Waals surface area contributed by atoms with Crippen LogP contribution in [-0.2, 0) is 16.3 Å². The van der Waals surface area contributed by atoms with Crippen molar-refractivity contribution in [1.29, 1.82) is 0 Å². The van der Waals surface area contributed by atoms with Gasteiger partial charge in [0, 0.05) is 43.8 Å². The van der Waals surface area contributed by atoms with Crippen LogP contribution in [0, 0.1) is 8.99 Å². The molecule has 0 fully saturated rings. The third kappa shape index (κ3) is 6.05. The van der Waals surface area contributed by atoms with Crippen LogP contribution in [0.25, 0.3) is 0 Å². The smallest absolute Gasteiger partial charge is 0.192 e. The van der Waals surface area contributed by atoms with Gasteiger partial charge in [-0.25, -0.2) is 9.97 Å². The average molecular weight is 624 g/mol. The molecule has 0 saturated heterocycles. The third-order valence-corrected chi connectivity index (χ3v) is 13.4. The first-order valence-corrected chi connectivity index (χ1v) is 17.1. The van der Waals surface area contributed by atoms with E-state index in [1.807, 2.05) is 0 Å². The summed E-state index contributed by atoms with van der Waals surface area (Å²) < 4.78 is 8.14. The molecule has 200 valence electrons. The Balaban J connectivity index is 2.18. The minimum absolute atomic E-state index is 0.0317. The minimum atomic E-state index is -2.03. The van der Waals surface area contributed by atoms with E-state index in [0.717, 1.165) is 39.2 Å². The highest BCUT2D eigenvalue weighted by Crippen LogP contribution is 2.50. The summed E-state index contributed by atoms with van der Waals surface area (Å²) in [6, 6.07) is 0. The Morgan fingerprint density at radius 3 is 2.11 bits per heavy atom. The van der Waals surface area contributed by atoms with Gasteiger partial charge in [0.25, 0.3) is 0 Å². The van der Waals surface area contributed by atoms with Crippen molar-refractivity contribution < 1.29 is 9.53 Å². The zero-order valence-corrected chi connectivity index (χ0v) is 27.5. The lowest BCUT2D eigenvalue weighted by Gasteiger charge is -2.44.